The van der Waals surface area contributed by atoms with Crippen molar-refractivity contribution in [2.75, 3.05) is 0 Å². The van der Waals surface area contributed by atoms with E-state index in [-0.39, 0.29) is 5.11 Å². The van der Waals surface area contributed by atoms with E-state index in [1.807, 2.05) is 25.1 Å². The number of hydrazone groups is 1. The highest BCUT2D eigenvalue weighted by molar-refractivity contribution is 7.80. The summed E-state index contributed by atoms with van der Waals surface area (Å²) in [6, 6.07) is 5.37. The monoisotopic (exact) mass is 287 g/mol. The van der Waals surface area contributed by atoms with Crippen LogP contribution in [0, 0.1) is 0 Å². The van der Waals surface area contributed by atoms with Gasteiger partial charge < -0.3 is 5.73 Å². The Morgan fingerprint density at radius 1 is 1.41 bits per heavy atom. The molecule has 3 nitrogen and oxygen atoms in total. The molecule has 0 aromatic heterocycles. The van der Waals surface area contributed by atoms with E-state index < -0.39 is 0 Å². The number of thiocarbonyl (C=S) groups is 1. The molecule has 0 spiro atoms. The number of halogens is 2. The van der Waals surface area contributed by atoms with Gasteiger partial charge in [0.2, 0.25) is 0 Å². The van der Waals surface area contributed by atoms with Gasteiger partial charge in [-0.2, -0.15) is 5.10 Å². The van der Waals surface area contributed by atoms with Gasteiger partial charge in [-0.3, -0.25) is 5.43 Å². The van der Waals surface area contributed by atoms with Gasteiger partial charge in [0.1, 0.15) is 0 Å². The lowest BCUT2D eigenvalue weighted by Gasteiger charge is -1.98. The number of nitrogens with two attached hydrogens (primary N) is 1. The second-order valence-electron chi connectivity index (χ2n) is 3.24. The van der Waals surface area contributed by atoms with Crippen molar-refractivity contribution in [3.63, 3.8) is 0 Å². The average molecular weight is 288 g/mol. The summed E-state index contributed by atoms with van der Waals surface area (Å²) in [4.78, 5) is 0. The summed E-state index contributed by atoms with van der Waals surface area (Å²) in [5, 5.41) is 5.12. The number of nitrogens with one attached hydrogen (secondary N) is 1. The van der Waals surface area contributed by atoms with Gasteiger partial charge in [0.15, 0.2) is 5.11 Å². The van der Waals surface area contributed by atoms with Crippen molar-refractivity contribution in [1.29, 1.82) is 0 Å². The fourth-order valence-corrected chi connectivity index (χ4v) is 1.37. The molecule has 0 fully saturated rings. The standard InChI is InChI=1S/C11H11Cl2N3S/c1-7(15-16-11(14)17)2-3-8-4-5-9(12)10(13)6-8/h2-6H,1H3,(H3,14,16,17). The predicted octanol–water partition coefficient (Wildman–Crippen LogP) is 3.22. The summed E-state index contributed by atoms with van der Waals surface area (Å²) in [6.45, 7) is 1.82. The van der Waals surface area contributed by atoms with E-state index in [0.29, 0.717) is 10.0 Å². The second kappa shape index (κ2) is 6.59. The van der Waals surface area contributed by atoms with Crippen molar-refractivity contribution in [1.82, 2.24) is 5.43 Å². The predicted molar refractivity (Wildman–Crippen MR) is 78.5 cm³/mol. The van der Waals surface area contributed by atoms with Crippen molar-refractivity contribution in [2.45, 2.75) is 6.92 Å². The summed E-state index contributed by atoms with van der Waals surface area (Å²) in [5.74, 6) is 0. The van der Waals surface area contributed by atoms with E-state index in [1.165, 1.54) is 0 Å². The van der Waals surface area contributed by atoms with Crippen LogP contribution in [0.15, 0.2) is 29.4 Å². The minimum atomic E-state index is 0.132. The zero-order valence-electron chi connectivity index (χ0n) is 9.08. The Morgan fingerprint density at radius 2 is 2.12 bits per heavy atom. The number of hydrogen-bond donors (Lipinski definition) is 2. The fourth-order valence-electron chi connectivity index (χ4n) is 1.01. The molecule has 3 N–H and O–H groups in total. The zero-order chi connectivity index (χ0) is 12.8. The van der Waals surface area contributed by atoms with E-state index in [9.17, 15) is 0 Å². The number of benzene rings is 1. The number of hydrogen-bond acceptors (Lipinski definition) is 2. The van der Waals surface area contributed by atoms with Crippen LogP contribution >= 0.6 is 35.4 Å². The minimum absolute atomic E-state index is 0.132. The first-order valence-electron chi connectivity index (χ1n) is 4.72. The van der Waals surface area contributed by atoms with Gasteiger partial charge in [0, 0.05) is 0 Å². The first-order valence-corrected chi connectivity index (χ1v) is 5.88. The number of nitrogens with zero attached hydrogens (tertiary/aromatic N) is 1. The summed E-state index contributed by atoms with van der Waals surface area (Å²) in [6.07, 6.45) is 3.67. The highest BCUT2D eigenvalue weighted by Crippen LogP contribution is 2.23. The third kappa shape index (κ3) is 5.17. The maximum absolute atomic E-state index is 5.89. The zero-order valence-corrected chi connectivity index (χ0v) is 11.4. The second-order valence-corrected chi connectivity index (χ2v) is 4.49. The van der Waals surface area contributed by atoms with Crippen molar-refractivity contribution in [2.24, 2.45) is 10.8 Å². The molecule has 0 saturated heterocycles. The largest absolute Gasteiger partial charge is 0.375 e. The molecule has 0 aliphatic rings. The van der Waals surface area contributed by atoms with Gasteiger partial charge in [-0.1, -0.05) is 35.3 Å². The Bertz CT molecular complexity index is 484. The molecule has 17 heavy (non-hydrogen) atoms. The quantitative estimate of drug-likeness (QED) is 0.510. The molecule has 0 heterocycles. The maximum Gasteiger partial charge on any atom is 0.184 e. The highest BCUT2D eigenvalue weighted by atomic mass is 35.5. The van der Waals surface area contributed by atoms with E-state index in [0.717, 1.165) is 11.3 Å². The van der Waals surface area contributed by atoms with Crippen LogP contribution in [0.1, 0.15) is 12.5 Å². The lowest BCUT2D eigenvalue weighted by molar-refractivity contribution is 1.03. The van der Waals surface area contributed by atoms with Crippen LogP contribution in [0.25, 0.3) is 6.08 Å². The van der Waals surface area contributed by atoms with Crippen molar-refractivity contribution >= 4 is 52.3 Å². The topological polar surface area (TPSA) is 50.4 Å². The van der Waals surface area contributed by atoms with Crippen molar-refractivity contribution in [3.8, 4) is 0 Å². The Kier molecular flexibility index (Phi) is 5.41. The lowest BCUT2D eigenvalue weighted by Crippen LogP contribution is -2.24. The van der Waals surface area contributed by atoms with Gasteiger partial charge >= 0.3 is 0 Å². The molecule has 6 heteroatoms. The maximum atomic E-state index is 5.89. The molecule has 0 aliphatic carbocycles. The normalized spacial score (nSPS) is 11.8. The van der Waals surface area contributed by atoms with Crippen LogP contribution in [0.3, 0.4) is 0 Å². The molecule has 1 aromatic carbocycles. The fraction of sp³-hybridized carbons (Fsp3) is 0.0909. The molecule has 0 aliphatic heterocycles. The lowest BCUT2D eigenvalue weighted by atomic mass is 10.2. The molecule has 1 rings (SSSR count). The number of rotatable bonds is 3. The minimum Gasteiger partial charge on any atom is -0.375 e. The summed E-state index contributed by atoms with van der Waals surface area (Å²) in [7, 11) is 0. The molecule has 0 bridgehead atoms. The Balaban J connectivity index is 2.73. The summed E-state index contributed by atoms with van der Waals surface area (Å²) in [5.41, 5.74) is 9.42. The first kappa shape index (κ1) is 14.0. The van der Waals surface area contributed by atoms with Crippen molar-refractivity contribution in [3.05, 3.63) is 39.9 Å². The van der Waals surface area contributed by atoms with E-state index >= 15 is 0 Å². The van der Waals surface area contributed by atoms with Crippen LogP contribution in [0.4, 0.5) is 0 Å². The van der Waals surface area contributed by atoms with E-state index in [2.05, 4.69) is 22.7 Å². The SMILES string of the molecule is CC(C=Cc1ccc(Cl)c(Cl)c1)=NNC(N)=S. The van der Waals surface area contributed by atoms with Crippen LogP contribution in [-0.4, -0.2) is 10.8 Å². The third-order valence-corrected chi connectivity index (χ3v) is 2.63. The van der Waals surface area contributed by atoms with Crippen LogP contribution < -0.4 is 11.2 Å². The first-order chi connectivity index (χ1) is 7.99. The highest BCUT2D eigenvalue weighted by Gasteiger charge is 1.96. The Labute approximate surface area is 115 Å². The van der Waals surface area contributed by atoms with Crippen LogP contribution in [0.5, 0.6) is 0 Å². The van der Waals surface area contributed by atoms with E-state index in [1.54, 1.807) is 12.1 Å². The molecule has 90 valence electrons. The van der Waals surface area contributed by atoms with Gasteiger partial charge in [-0.15, -0.1) is 0 Å². The summed E-state index contributed by atoms with van der Waals surface area (Å²) < 4.78 is 0. The van der Waals surface area contributed by atoms with Gasteiger partial charge in [0.05, 0.1) is 15.8 Å². The molecule has 0 amide bonds. The summed E-state index contributed by atoms with van der Waals surface area (Å²) >= 11 is 16.3. The number of allylic oxidation sites excluding steroid dienone is 1. The van der Waals surface area contributed by atoms with Gasteiger partial charge in [-0.05, 0) is 42.9 Å². The average Bonchev–Trinajstić information content (AvgIpc) is 2.28. The molecule has 0 unspecified atom stereocenters. The van der Waals surface area contributed by atoms with Crippen molar-refractivity contribution < 1.29 is 0 Å². The molecular formula is C11H11Cl2N3S. The van der Waals surface area contributed by atoms with Gasteiger partial charge in [0.25, 0.3) is 0 Å². The van der Waals surface area contributed by atoms with Crippen LogP contribution in [-0.2, 0) is 0 Å². The molecule has 0 atom stereocenters. The molecule has 0 radical (unpaired) electrons. The Morgan fingerprint density at radius 3 is 2.71 bits per heavy atom. The van der Waals surface area contributed by atoms with Gasteiger partial charge in [-0.25, -0.2) is 0 Å². The third-order valence-electron chi connectivity index (χ3n) is 1.80. The molecule has 1 aromatic rings. The van der Waals surface area contributed by atoms with E-state index in [4.69, 9.17) is 28.9 Å². The Hall–Kier alpha value is -1.10. The molecule has 0 saturated carbocycles. The smallest absolute Gasteiger partial charge is 0.184 e. The molecular weight excluding hydrogens is 277 g/mol. The van der Waals surface area contributed by atoms with Crippen LogP contribution in [0.2, 0.25) is 10.0 Å².